The first-order valence-electron chi connectivity index (χ1n) is 8.96. The number of thioether (sulfide) groups is 1. The molecule has 1 amide bonds. The second kappa shape index (κ2) is 7.91. The molecule has 1 N–H and O–H groups in total. The van der Waals surface area contributed by atoms with Gasteiger partial charge in [0.1, 0.15) is 4.70 Å². The summed E-state index contributed by atoms with van der Waals surface area (Å²) in [7, 11) is 0. The Balaban J connectivity index is 1.87. The van der Waals surface area contributed by atoms with Gasteiger partial charge in [0.2, 0.25) is 5.91 Å². The van der Waals surface area contributed by atoms with Crippen molar-refractivity contribution in [2.45, 2.75) is 69.4 Å². The van der Waals surface area contributed by atoms with Crippen molar-refractivity contribution >= 4 is 39.2 Å². The van der Waals surface area contributed by atoms with Crippen LogP contribution in [0.25, 0.3) is 10.2 Å². The number of hydrogen-bond donors (Lipinski definition) is 1. The Kier molecular flexibility index (Phi) is 5.84. The van der Waals surface area contributed by atoms with Crippen LogP contribution in [0.4, 0.5) is 0 Å². The molecular weight excluding hydrogens is 354 g/mol. The molecule has 136 valence electrons. The Bertz CT molecular complexity index is 806. The molecule has 7 heteroatoms. The lowest BCUT2D eigenvalue weighted by Crippen LogP contribution is -2.41. The van der Waals surface area contributed by atoms with E-state index < -0.39 is 0 Å². The maximum atomic E-state index is 12.8. The lowest BCUT2D eigenvalue weighted by atomic mass is 10.1. The lowest BCUT2D eigenvalue weighted by molar-refractivity contribution is -0.121. The van der Waals surface area contributed by atoms with Crippen LogP contribution in [0.5, 0.6) is 0 Å². The Morgan fingerprint density at radius 3 is 2.80 bits per heavy atom. The second-order valence-electron chi connectivity index (χ2n) is 6.85. The van der Waals surface area contributed by atoms with E-state index in [1.54, 1.807) is 4.57 Å². The molecule has 2 aromatic heterocycles. The fourth-order valence-corrected chi connectivity index (χ4v) is 5.19. The van der Waals surface area contributed by atoms with Crippen molar-refractivity contribution in [3.63, 3.8) is 0 Å². The monoisotopic (exact) mass is 379 g/mol. The van der Waals surface area contributed by atoms with Crippen LogP contribution in [-0.2, 0) is 11.3 Å². The molecule has 5 nitrogen and oxygen atoms in total. The number of nitrogens with zero attached hydrogens (tertiary/aromatic N) is 2. The third kappa shape index (κ3) is 3.92. The van der Waals surface area contributed by atoms with E-state index in [0.717, 1.165) is 18.4 Å². The number of hydrogen-bond acceptors (Lipinski definition) is 5. The molecule has 0 aliphatic heterocycles. The van der Waals surface area contributed by atoms with Gasteiger partial charge >= 0.3 is 0 Å². The summed E-state index contributed by atoms with van der Waals surface area (Å²) in [4.78, 5) is 30.1. The number of amides is 1. The Morgan fingerprint density at radius 2 is 2.16 bits per heavy atom. The Labute approximate surface area is 156 Å². The summed E-state index contributed by atoms with van der Waals surface area (Å²) in [5.74, 6) is 0.223. The van der Waals surface area contributed by atoms with E-state index in [4.69, 9.17) is 0 Å². The van der Waals surface area contributed by atoms with Crippen LogP contribution >= 0.6 is 23.1 Å². The first kappa shape index (κ1) is 18.5. The van der Waals surface area contributed by atoms with E-state index in [1.165, 1.54) is 35.9 Å². The molecule has 0 spiro atoms. The quantitative estimate of drug-likeness (QED) is 0.615. The van der Waals surface area contributed by atoms with Gasteiger partial charge in [-0.2, -0.15) is 0 Å². The summed E-state index contributed by atoms with van der Waals surface area (Å²) >= 11 is 2.84. The summed E-state index contributed by atoms with van der Waals surface area (Å²) in [6.45, 7) is 6.58. The van der Waals surface area contributed by atoms with Gasteiger partial charge in [0, 0.05) is 12.6 Å². The highest BCUT2D eigenvalue weighted by Crippen LogP contribution is 2.29. The first-order valence-corrected chi connectivity index (χ1v) is 10.7. The number of carbonyl (C=O) groups is 1. The zero-order chi connectivity index (χ0) is 18.0. The van der Waals surface area contributed by atoms with Crippen molar-refractivity contribution in [3.8, 4) is 0 Å². The van der Waals surface area contributed by atoms with Gasteiger partial charge in [0.05, 0.1) is 10.8 Å². The average Bonchev–Trinajstić information content (AvgIpc) is 3.23. The molecule has 3 rings (SSSR count). The normalized spacial score (nSPS) is 16.6. The van der Waals surface area contributed by atoms with Crippen LogP contribution in [0, 0.1) is 5.92 Å². The van der Waals surface area contributed by atoms with Crippen molar-refractivity contribution in [3.05, 3.63) is 21.8 Å². The topological polar surface area (TPSA) is 64.0 Å². The minimum atomic E-state index is -0.249. The number of fused-ring (bicyclic) bond motifs is 1. The summed E-state index contributed by atoms with van der Waals surface area (Å²) in [5, 5.41) is 5.47. The molecular formula is C18H25N3O2S2. The smallest absolute Gasteiger partial charge is 0.272 e. The summed E-state index contributed by atoms with van der Waals surface area (Å²) in [6, 6.07) is 2.17. The van der Waals surface area contributed by atoms with Gasteiger partial charge in [0.25, 0.3) is 5.56 Å². The highest BCUT2D eigenvalue weighted by molar-refractivity contribution is 8.00. The van der Waals surface area contributed by atoms with Gasteiger partial charge in [-0.05, 0) is 37.1 Å². The van der Waals surface area contributed by atoms with Gasteiger partial charge in [0.15, 0.2) is 5.16 Å². The molecule has 0 aromatic carbocycles. The zero-order valence-corrected chi connectivity index (χ0v) is 16.6. The molecule has 0 saturated heterocycles. The van der Waals surface area contributed by atoms with Crippen LogP contribution in [0.3, 0.4) is 0 Å². The van der Waals surface area contributed by atoms with Gasteiger partial charge in [-0.25, -0.2) is 4.98 Å². The van der Waals surface area contributed by atoms with Crippen molar-refractivity contribution in [1.82, 2.24) is 14.9 Å². The van der Waals surface area contributed by atoms with E-state index in [1.807, 2.05) is 32.2 Å². The third-order valence-electron chi connectivity index (χ3n) is 4.64. The molecule has 0 bridgehead atoms. The summed E-state index contributed by atoms with van der Waals surface area (Å²) < 4.78 is 2.37. The van der Waals surface area contributed by atoms with E-state index in [9.17, 15) is 9.59 Å². The minimum absolute atomic E-state index is 0.0105. The number of carbonyl (C=O) groups excluding carboxylic acids is 1. The van der Waals surface area contributed by atoms with Gasteiger partial charge in [-0.3, -0.25) is 14.2 Å². The van der Waals surface area contributed by atoms with Gasteiger partial charge < -0.3 is 5.32 Å². The van der Waals surface area contributed by atoms with E-state index >= 15 is 0 Å². The summed E-state index contributed by atoms with van der Waals surface area (Å²) in [5.41, 5.74) is 0.713. The van der Waals surface area contributed by atoms with Crippen molar-refractivity contribution in [1.29, 1.82) is 0 Å². The van der Waals surface area contributed by atoms with Crippen LogP contribution in [0.2, 0.25) is 0 Å². The molecule has 2 aromatic rings. The molecule has 1 saturated carbocycles. The van der Waals surface area contributed by atoms with Gasteiger partial charge in [-0.1, -0.05) is 38.5 Å². The van der Waals surface area contributed by atoms with Crippen LogP contribution in [0.1, 0.15) is 46.5 Å². The van der Waals surface area contributed by atoms with E-state index in [-0.39, 0.29) is 22.6 Å². The maximum absolute atomic E-state index is 12.8. The molecule has 0 radical (unpaired) electrons. The van der Waals surface area contributed by atoms with E-state index in [0.29, 0.717) is 22.4 Å². The number of rotatable bonds is 6. The van der Waals surface area contributed by atoms with Gasteiger partial charge in [-0.15, -0.1) is 11.3 Å². The van der Waals surface area contributed by atoms with E-state index in [2.05, 4.69) is 10.3 Å². The number of aromatic nitrogens is 2. The fraction of sp³-hybridized carbons (Fsp3) is 0.611. The van der Waals surface area contributed by atoms with Crippen molar-refractivity contribution < 1.29 is 4.79 Å². The highest BCUT2D eigenvalue weighted by Gasteiger charge is 2.28. The van der Waals surface area contributed by atoms with Crippen LogP contribution < -0.4 is 10.9 Å². The highest BCUT2D eigenvalue weighted by atomic mass is 32.2. The summed E-state index contributed by atoms with van der Waals surface area (Å²) in [6.07, 6.45) is 4.52. The molecule has 2 heterocycles. The average molecular weight is 380 g/mol. The number of nitrogens with one attached hydrogen (secondary N) is 1. The zero-order valence-electron chi connectivity index (χ0n) is 14.9. The predicted molar refractivity (Wildman–Crippen MR) is 104 cm³/mol. The molecule has 25 heavy (non-hydrogen) atoms. The number of thiophene rings is 1. The predicted octanol–water partition coefficient (Wildman–Crippen LogP) is 3.65. The lowest BCUT2D eigenvalue weighted by Gasteiger charge is -2.23. The molecule has 1 atom stereocenters. The minimum Gasteiger partial charge on any atom is -0.352 e. The van der Waals surface area contributed by atoms with Crippen molar-refractivity contribution in [2.75, 3.05) is 0 Å². The molecule has 1 aliphatic rings. The standard InChI is InChI=1S/C18H25N3O2S2/c1-4-21-17(23)15-13(9-10-24-15)20-18(21)25-14(11(2)3)16(22)19-12-7-5-6-8-12/h9-12,14H,4-8H2,1-3H3,(H,19,22). The molecule has 1 fully saturated rings. The Morgan fingerprint density at radius 1 is 1.44 bits per heavy atom. The third-order valence-corrected chi connectivity index (χ3v) is 7.07. The SMILES string of the molecule is CCn1c(SC(C(=O)NC2CCCC2)C(C)C)nc2ccsc2c1=O. The molecule has 1 aliphatic carbocycles. The second-order valence-corrected chi connectivity index (χ2v) is 8.88. The van der Waals surface area contributed by atoms with Crippen LogP contribution in [-0.4, -0.2) is 26.8 Å². The largest absolute Gasteiger partial charge is 0.352 e. The van der Waals surface area contributed by atoms with Crippen molar-refractivity contribution in [2.24, 2.45) is 5.92 Å². The molecule has 1 unspecified atom stereocenters. The fourth-order valence-electron chi connectivity index (χ4n) is 3.25. The first-order chi connectivity index (χ1) is 12.0. The van der Waals surface area contributed by atoms with Crippen LogP contribution in [0.15, 0.2) is 21.4 Å². The maximum Gasteiger partial charge on any atom is 0.272 e. The Hall–Kier alpha value is -1.34.